The third-order valence-electron chi connectivity index (χ3n) is 3.30. The number of hydrogen-bond acceptors (Lipinski definition) is 3. The van der Waals surface area contributed by atoms with Crippen LogP contribution in [0.4, 0.5) is 18.9 Å². The van der Waals surface area contributed by atoms with Gasteiger partial charge in [0.25, 0.3) is 0 Å². The van der Waals surface area contributed by atoms with Gasteiger partial charge in [0.2, 0.25) is 0 Å². The lowest BCUT2D eigenvalue weighted by atomic mass is 10.3. The van der Waals surface area contributed by atoms with Crippen molar-refractivity contribution in [3.63, 3.8) is 0 Å². The average Bonchev–Trinajstić information content (AvgIpc) is 2.97. The minimum Gasteiger partial charge on any atom is -0.377 e. The van der Waals surface area contributed by atoms with Crippen LogP contribution in [-0.4, -0.2) is 19.2 Å². The molecule has 0 aliphatic heterocycles. The summed E-state index contributed by atoms with van der Waals surface area (Å²) in [6.07, 6.45) is 0.112. The molecule has 0 aliphatic rings. The lowest BCUT2D eigenvalue weighted by Crippen LogP contribution is -2.05. The van der Waals surface area contributed by atoms with Crippen LogP contribution in [-0.2, 0) is 19.8 Å². The molecule has 0 aliphatic carbocycles. The molecule has 1 N–H and O–H groups in total. The van der Waals surface area contributed by atoms with E-state index in [0.717, 1.165) is 23.6 Å². The molecule has 0 atom stereocenters. The van der Waals surface area contributed by atoms with Gasteiger partial charge in [0.1, 0.15) is 5.65 Å². The first-order valence-corrected chi connectivity index (χ1v) is 6.62. The van der Waals surface area contributed by atoms with E-state index in [-0.39, 0.29) is 0 Å². The second kappa shape index (κ2) is 5.04. The quantitative estimate of drug-likeness (QED) is 0.809. The Morgan fingerprint density at radius 3 is 2.59 bits per heavy atom. The van der Waals surface area contributed by atoms with Gasteiger partial charge in [-0.3, -0.25) is 4.68 Å². The predicted molar refractivity (Wildman–Crippen MR) is 75.5 cm³/mol. The van der Waals surface area contributed by atoms with Crippen molar-refractivity contribution < 1.29 is 13.2 Å². The molecule has 0 saturated heterocycles. The van der Waals surface area contributed by atoms with Gasteiger partial charge in [-0.15, -0.1) is 0 Å². The average molecular weight is 309 g/mol. The van der Waals surface area contributed by atoms with E-state index in [1.807, 2.05) is 20.2 Å². The van der Waals surface area contributed by atoms with Gasteiger partial charge in [-0.05, 0) is 19.1 Å². The van der Waals surface area contributed by atoms with Crippen LogP contribution in [0.1, 0.15) is 17.0 Å². The zero-order valence-electron chi connectivity index (χ0n) is 12.0. The molecular weight excluding hydrogens is 295 g/mol. The van der Waals surface area contributed by atoms with Crippen molar-refractivity contribution >= 4 is 11.3 Å². The summed E-state index contributed by atoms with van der Waals surface area (Å²) in [4.78, 5) is 4.29. The Morgan fingerprint density at radius 2 is 1.95 bits per heavy atom. The van der Waals surface area contributed by atoms with Crippen LogP contribution in [0, 0.1) is 6.92 Å². The van der Waals surface area contributed by atoms with Crippen LogP contribution in [0.5, 0.6) is 0 Å². The summed E-state index contributed by atoms with van der Waals surface area (Å²) in [5.41, 5.74) is 2.16. The van der Waals surface area contributed by atoms with E-state index in [9.17, 15) is 13.2 Å². The van der Waals surface area contributed by atoms with Crippen molar-refractivity contribution in [1.82, 2.24) is 19.2 Å². The fraction of sp³-hybridized carbons (Fsp3) is 0.286. The minimum absolute atomic E-state index is 0.412. The second-order valence-electron chi connectivity index (χ2n) is 5.07. The van der Waals surface area contributed by atoms with Gasteiger partial charge >= 0.3 is 6.18 Å². The number of hydrogen-bond donors (Lipinski definition) is 1. The third-order valence-corrected chi connectivity index (χ3v) is 3.30. The fourth-order valence-electron chi connectivity index (χ4n) is 2.26. The molecule has 0 amide bonds. The number of nitrogens with zero attached hydrogens (tertiary/aromatic N) is 4. The number of fused-ring (bicyclic) bond motifs is 1. The van der Waals surface area contributed by atoms with E-state index in [2.05, 4.69) is 15.4 Å². The van der Waals surface area contributed by atoms with Crippen LogP contribution < -0.4 is 5.32 Å². The summed E-state index contributed by atoms with van der Waals surface area (Å²) in [5, 5.41) is 7.38. The highest BCUT2D eigenvalue weighted by Gasteiger charge is 2.30. The highest BCUT2D eigenvalue weighted by molar-refractivity contribution is 5.47. The first-order valence-electron chi connectivity index (χ1n) is 6.62. The van der Waals surface area contributed by atoms with E-state index >= 15 is 0 Å². The topological polar surface area (TPSA) is 47.2 Å². The van der Waals surface area contributed by atoms with Gasteiger partial charge in [-0.25, -0.2) is 4.98 Å². The SMILES string of the molecule is Cc1nn(C)cc1NCc1cn2cc(C(F)(F)F)ccc2n1. The molecule has 8 heteroatoms. The van der Waals surface area contributed by atoms with Crippen molar-refractivity contribution in [2.24, 2.45) is 7.05 Å². The molecule has 3 rings (SSSR count). The Morgan fingerprint density at radius 1 is 1.18 bits per heavy atom. The Kier molecular flexibility index (Phi) is 3.31. The molecule has 5 nitrogen and oxygen atoms in total. The van der Waals surface area contributed by atoms with Crippen molar-refractivity contribution in [2.45, 2.75) is 19.6 Å². The van der Waals surface area contributed by atoms with Crippen molar-refractivity contribution in [3.8, 4) is 0 Å². The lowest BCUT2D eigenvalue weighted by Gasteiger charge is -2.05. The summed E-state index contributed by atoms with van der Waals surface area (Å²) in [6, 6.07) is 2.40. The number of aromatic nitrogens is 4. The molecule has 3 aromatic heterocycles. The number of nitrogens with one attached hydrogen (secondary N) is 1. The Labute approximate surface area is 124 Å². The summed E-state index contributed by atoms with van der Waals surface area (Å²) >= 11 is 0. The number of imidazole rings is 1. The maximum absolute atomic E-state index is 12.7. The summed E-state index contributed by atoms with van der Waals surface area (Å²) < 4.78 is 41.1. The second-order valence-corrected chi connectivity index (χ2v) is 5.07. The number of alkyl halides is 3. The van der Waals surface area contributed by atoms with Crippen LogP contribution in [0.25, 0.3) is 5.65 Å². The Bertz CT molecular complexity index is 816. The smallest absolute Gasteiger partial charge is 0.377 e. The van der Waals surface area contributed by atoms with Crippen LogP contribution >= 0.6 is 0 Å². The number of anilines is 1. The summed E-state index contributed by atoms with van der Waals surface area (Å²) in [7, 11) is 1.82. The highest BCUT2D eigenvalue weighted by atomic mass is 19.4. The van der Waals surface area contributed by atoms with Gasteiger partial charge in [0.15, 0.2) is 0 Å². The largest absolute Gasteiger partial charge is 0.417 e. The van der Waals surface area contributed by atoms with Gasteiger partial charge < -0.3 is 9.72 Å². The van der Waals surface area contributed by atoms with Crippen LogP contribution in [0.2, 0.25) is 0 Å². The molecule has 0 spiro atoms. The standard InChI is InChI=1S/C14H14F3N5/c1-9-12(8-21(2)20-9)18-5-11-7-22-6-10(14(15,16)17)3-4-13(22)19-11/h3-4,6-8,18H,5H2,1-2H3. The minimum atomic E-state index is -4.36. The van der Waals surface area contributed by atoms with Crippen LogP contribution in [0.3, 0.4) is 0 Å². The number of pyridine rings is 1. The van der Waals surface area contributed by atoms with E-state index in [4.69, 9.17) is 0 Å². The zero-order chi connectivity index (χ0) is 15.9. The van der Waals surface area contributed by atoms with Crippen LogP contribution in [0.15, 0.2) is 30.7 Å². The Hall–Kier alpha value is -2.51. The normalized spacial score (nSPS) is 12.0. The van der Waals surface area contributed by atoms with Crippen molar-refractivity contribution in [1.29, 1.82) is 0 Å². The molecule has 0 bridgehead atoms. The summed E-state index contributed by atoms with van der Waals surface area (Å²) in [5.74, 6) is 0. The number of aryl methyl sites for hydroxylation is 2. The van der Waals surface area contributed by atoms with E-state index in [1.54, 1.807) is 10.9 Å². The maximum Gasteiger partial charge on any atom is 0.417 e. The van der Waals surface area contributed by atoms with Gasteiger partial charge in [0.05, 0.1) is 29.2 Å². The molecule has 3 aromatic rings. The molecule has 0 unspecified atom stereocenters. The molecule has 0 fully saturated rings. The van der Waals surface area contributed by atoms with Gasteiger partial charge in [-0.1, -0.05) is 0 Å². The van der Waals surface area contributed by atoms with E-state index < -0.39 is 11.7 Å². The summed E-state index contributed by atoms with van der Waals surface area (Å²) in [6.45, 7) is 2.29. The first kappa shape index (κ1) is 14.4. The monoisotopic (exact) mass is 309 g/mol. The molecule has 0 aromatic carbocycles. The molecule has 22 heavy (non-hydrogen) atoms. The van der Waals surface area contributed by atoms with Gasteiger partial charge in [0, 0.05) is 25.6 Å². The zero-order valence-corrected chi connectivity index (χ0v) is 12.0. The fourth-order valence-corrected chi connectivity index (χ4v) is 2.26. The lowest BCUT2D eigenvalue weighted by molar-refractivity contribution is -0.137. The maximum atomic E-state index is 12.7. The number of rotatable bonds is 3. The number of halogens is 3. The van der Waals surface area contributed by atoms with Crippen molar-refractivity contribution in [2.75, 3.05) is 5.32 Å². The Balaban J connectivity index is 1.81. The molecular formula is C14H14F3N5. The molecule has 0 radical (unpaired) electrons. The van der Waals surface area contributed by atoms with E-state index in [0.29, 0.717) is 17.9 Å². The van der Waals surface area contributed by atoms with Gasteiger partial charge in [-0.2, -0.15) is 18.3 Å². The van der Waals surface area contributed by atoms with E-state index in [1.165, 1.54) is 10.5 Å². The first-order chi connectivity index (χ1) is 10.3. The predicted octanol–water partition coefficient (Wildman–Crippen LogP) is 3.01. The third kappa shape index (κ3) is 2.76. The molecule has 3 heterocycles. The molecule has 116 valence electrons. The molecule has 0 saturated carbocycles. The highest BCUT2D eigenvalue weighted by Crippen LogP contribution is 2.29. The van der Waals surface area contributed by atoms with Crippen molar-refractivity contribution in [3.05, 3.63) is 47.7 Å².